The van der Waals surface area contributed by atoms with Crippen molar-refractivity contribution in [3.63, 3.8) is 0 Å². The van der Waals surface area contributed by atoms with E-state index in [1.54, 1.807) is 21.6 Å². The minimum absolute atomic E-state index is 0.00146. The molecule has 8 nitrogen and oxygen atoms in total. The normalized spacial score (nSPS) is 22.4. The lowest BCUT2D eigenvalue weighted by Crippen LogP contribution is -2.46. The molecule has 0 N–H and O–H groups in total. The van der Waals surface area contributed by atoms with E-state index in [-0.39, 0.29) is 23.7 Å². The molecular formula is C24H30N4O4S2. The summed E-state index contributed by atoms with van der Waals surface area (Å²) in [4.78, 5) is 35.7. The lowest BCUT2D eigenvalue weighted by Gasteiger charge is -2.36. The predicted molar refractivity (Wildman–Crippen MR) is 139 cm³/mol. The molecule has 182 valence electrons. The number of carbonyl (C=O) groups is 1. The number of anilines is 1. The molecule has 1 amide bonds. The zero-order valence-electron chi connectivity index (χ0n) is 19.9. The summed E-state index contributed by atoms with van der Waals surface area (Å²) in [5.41, 5.74) is 1.69. The number of aryl methyl sites for hydroxylation is 1. The van der Waals surface area contributed by atoms with E-state index in [2.05, 4.69) is 4.90 Å². The number of thiocarbonyl (C=S) groups is 1. The van der Waals surface area contributed by atoms with Gasteiger partial charge in [-0.2, -0.15) is 0 Å². The van der Waals surface area contributed by atoms with Gasteiger partial charge in [-0.1, -0.05) is 30.0 Å². The first-order valence-electron chi connectivity index (χ1n) is 11.5. The molecule has 2 atom stereocenters. The zero-order valence-corrected chi connectivity index (χ0v) is 21.6. The number of morpholine rings is 1. The van der Waals surface area contributed by atoms with E-state index in [4.69, 9.17) is 26.7 Å². The van der Waals surface area contributed by atoms with Gasteiger partial charge in [0.2, 0.25) is 0 Å². The number of ether oxygens (including phenoxy) is 2. The summed E-state index contributed by atoms with van der Waals surface area (Å²) >= 11 is 6.69. The highest BCUT2D eigenvalue weighted by atomic mass is 32.2. The van der Waals surface area contributed by atoms with Crippen LogP contribution in [0.15, 0.2) is 28.0 Å². The standard InChI is InChI=1S/C24H30N4O4S2/c1-5-31-10-6-9-27-23(30)19(34-24(27)33)11-18-21(26-13-16(3)32-17(4)14-26)25-20-8-7-15(2)12-28(20)22(18)29/h7-8,11-12,16-17H,5-6,9-10,13-14H2,1-4H3/b19-11-/t16-,17-/m0/s1. The molecule has 4 rings (SSSR count). The molecule has 0 aromatic carbocycles. The highest BCUT2D eigenvalue weighted by Crippen LogP contribution is 2.34. The minimum atomic E-state index is -0.211. The van der Waals surface area contributed by atoms with Crippen LogP contribution in [0.2, 0.25) is 0 Å². The Bertz CT molecular complexity index is 1190. The molecule has 34 heavy (non-hydrogen) atoms. The van der Waals surface area contributed by atoms with Crippen LogP contribution in [0.25, 0.3) is 11.7 Å². The molecule has 0 unspecified atom stereocenters. The monoisotopic (exact) mass is 502 g/mol. The SMILES string of the molecule is CCOCCCN1C(=O)/C(=C/c2c(N3C[C@H](C)O[C@@H](C)C3)nc3ccc(C)cn3c2=O)SC1=S. The second kappa shape index (κ2) is 10.6. The van der Waals surface area contributed by atoms with E-state index in [1.807, 2.05) is 39.8 Å². The van der Waals surface area contributed by atoms with Gasteiger partial charge in [0.15, 0.2) is 0 Å². The van der Waals surface area contributed by atoms with E-state index in [1.165, 1.54) is 11.8 Å². The molecule has 2 aliphatic heterocycles. The van der Waals surface area contributed by atoms with Gasteiger partial charge in [0.1, 0.15) is 15.8 Å². The van der Waals surface area contributed by atoms with E-state index in [0.29, 0.717) is 65.5 Å². The molecule has 2 fully saturated rings. The first-order valence-corrected chi connectivity index (χ1v) is 12.8. The highest BCUT2D eigenvalue weighted by Gasteiger charge is 2.33. The quantitative estimate of drug-likeness (QED) is 0.325. The van der Waals surface area contributed by atoms with Crippen molar-refractivity contribution in [1.29, 1.82) is 0 Å². The third-order valence-electron chi connectivity index (χ3n) is 5.73. The Hall–Kier alpha value is -2.27. The van der Waals surface area contributed by atoms with E-state index < -0.39 is 0 Å². The molecule has 0 radical (unpaired) electrons. The number of thioether (sulfide) groups is 1. The Balaban J connectivity index is 1.75. The minimum Gasteiger partial charge on any atom is -0.382 e. The number of carbonyl (C=O) groups excluding carboxylic acids is 1. The first-order chi connectivity index (χ1) is 16.3. The Morgan fingerprint density at radius 1 is 1.26 bits per heavy atom. The predicted octanol–water partition coefficient (Wildman–Crippen LogP) is 3.24. The summed E-state index contributed by atoms with van der Waals surface area (Å²) < 4.78 is 13.3. The Morgan fingerprint density at radius 2 is 2.00 bits per heavy atom. The van der Waals surface area contributed by atoms with Gasteiger partial charge in [-0.15, -0.1) is 0 Å². The van der Waals surface area contributed by atoms with E-state index in [9.17, 15) is 9.59 Å². The maximum Gasteiger partial charge on any atom is 0.267 e. The molecule has 10 heteroatoms. The summed E-state index contributed by atoms with van der Waals surface area (Å²) in [5, 5.41) is 0. The third-order valence-corrected chi connectivity index (χ3v) is 7.11. The van der Waals surface area contributed by atoms with Gasteiger partial charge in [0, 0.05) is 39.0 Å². The van der Waals surface area contributed by atoms with Crippen molar-refractivity contribution in [3.8, 4) is 0 Å². The molecule has 2 aromatic rings. The lowest BCUT2D eigenvalue weighted by atomic mass is 10.1. The van der Waals surface area contributed by atoms with Gasteiger partial charge >= 0.3 is 0 Å². The molecule has 0 bridgehead atoms. The molecule has 4 heterocycles. The smallest absolute Gasteiger partial charge is 0.267 e. The zero-order chi connectivity index (χ0) is 24.4. The van der Waals surface area contributed by atoms with Gasteiger partial charge in [0.25, 0.3) is 11.5 Å². The number of pyridine rings is 1. The fourth-order valence-corrected chi connectivity index (χ4v) is 5.55. The van der Waals surface area contributed by atoms with Gasteiger partial charge in [-0.05, 0) is 51.8 Å². The third kappa shape index (κ3) is 5.19. The van der Waals surface area contributed by atoms with Crippen molar-refractivity contribution < 1.29 is 14.3 Å². The number of rotatable bonds is 7. The van der Waals surface area contributed by atoms with Gasteiger partial charge in [-0.25, -0.2) is 4.98 Å². The largest absolute Gasteiger partial charge is 0.382 e. The van der Waals surface area contributed by atoms with Crippen molar-refractivity contribution in [1.82, 2.24) is 14.3 Å². The maximum absolute atomic E-state index is 13.6. The summed E-state index contributed by atoms with van der Waals surface area (Å²) in [6, 6.07) is 3.78. The van der Waals surface area contributed by atoms with Crippen LogP contribution in [0.4, 0.5) is 5.82 Å². The van der Waals surface area contributed by atoms with Crippen LogP contribution in [-0.4, -0.2) is 69.6 Å². The van der Waals surface area contributed by atoms with E-state index in [0.717, 1.165) is 5.56 Å². The summed E-state index contributed by atoms with van der Waals surface area (Å²) in [6.45, 7) is 10.8. The number of hydrogen-bond acceptors (Lipinski definition) is 8. The average Bonchev–Trinajstić information content (AvgIpc) is 3.05. The summed E-state index contributed by atoms with van der Waals surface area (Å²) in [6.07, 6.45) is 4.13. The molecule has 0 spiro atoms. The van der Waals surface area contributed by atoms with Crippen molar-refractivity contribution in [2.24, 2.45) is 0 Å². The summed E-state index contributed by atoms with van der Waals surface area (Å²) in [5.74, 6) is 0.382. The van der Waals surface area contributed by atoms with Crippen molar-refractivity contribution in [2.75, 3.05) is 37.7 Å². The number of hydrogen-bond donors (Lipinski definition) is 0. The maximum atomic E-state index is 13.6. The molecule has 2 aromatic heterocycles. The van der Waals surface area contributed by atoms with Crippen molar-refractivity contribution in [2.45, 2.75) is 46.3 Å². The van der Waals surface area contributed by atoms with Crippen LogP contribution >= 0.6 is 24.0 Å². The summed E-state index contributed by atoms with van der Waals surface area (Å²) in [7, 11) is 0. The van der Waals surface area contributed by atoms with Crippen LogP contribution in [0, 0.1) is 6.92 Å². The molecule has 2 saturated heterocycles. The molecule has 0 aliphatic carbocycles. The highest BCUT2D eigenvalue weighted by molar-refractivity contribution is 8.26. The van der Waals surface area contributed by atoms with Crippen LogP contribution in [0.5, 0.6) is 0 Å². The van der Waals surface area contributed by atoms with Crippen LogP contribution in [0.3, 0.4) is 0 Å². The molecule has 2 aliphatic rings. The molecule has 0 saturated carbocycles. The van der Waals surface area contributed by atoms with Gasteiger partial charge in [-0.3, -0.25) is 18.9 Å². The van der Waals surface area contributed by atoms with Gasteiger partial charge in [0.05, 0.1) is 22.7 Å². The fraction of sp³-hybridized carbons (Fsp3) is 0.500. The number of nitrogens with zero attached hydrogens (tertiary/aromatic N) is 4. The first kappa shape index (κ1) is 24.8. The van der Waals surface area contributed by atoms with Crippen LogP contribution < -0.4 is 10.5 Å². The number of amides is 1. The average molecular weight is 503 g/mol. The van der Waals surface area contributed by atoms with Gasteiger partial charge < -0.3 is 14.4 Å². The number of fused-ring (bicyclic) bond motifs is 1. The Morgan fingerprint density at radius 3 is 2.71 bits per heavy atom. The second-order valence-electron chi connectivity index (χ2n) is 8.64. The Kier molecular flexibility index (Phi) is 7.71. The topological polar surface area (TPSA) is 76.4 Å². The molecular weight excluding hydrogens is 472 g/mol. The fourth-order valence-electron chi connectivity index (χ4n) is 4.26. The van der Waals surface area contributed by atoms with E-state index >= 15 is 0 Å². The Labute approximate surface area is 208 Å². The number of aromatic nitrogens is 2. The van der Waals surface area contributed by atoms with Crippen molar-refractivity contribution in [3.05, 3.63) is 44.7 Å². The lowest BCUT2D eigenvalue weighted by molar-refractivity contribution is -0.122. The van der Waals surface area contributed by atoms with Crippen LogP contribution in [0.1, 0.15) is 38.3 Å². The van der Waals surface area contributed by atoms with Crippen molar-refractivity contribution >= 4 is 51.7 Å². The second-order valence-corrected chi connectivity index (χ2v) is 10.3. The van der Waals surface area contributed by atoms with Crippen LogP contribution in [-0.2, 0) is 14.3 Å².